The molecule has 3 nitrogen and oxygen atoms in total. The van der Waals surface area contributed by atoms with Gasteiger partial charge in [0.15, 0.2) is 0 Å². The number of amides is 1. The van der Waals surface area contributed by atoms with Gasteiger partial charge in [-0.15, -0.1) is 0 Å². The first-order chi connectivity index (χ1) is 9.69. The first-order valence-electron chi connectivity index (χ1n) is 7.75. The minimum atomic E-state index is 0.0200. The van der Waals surface area contributed by atoms with Crippen LogP contribution in [0.15, 0.2) is 18.2 Å². The summed E-state index contributed by atoms with van der Waals surface area (Å²) in [6, 6.07) is 5.90. The van der Waals surface area contributed by atoms with Crippen LogP contribution in [0.4, 0.5) is 5.69 Å². The molecule has 0 atom stereocenters. The summed E-state index contributed by atoms with van der Waals surface area (Å²) >= 11 is 0. The minimum absolute atomic E-state index is 0.0200. The molecule has 0 saturated carbocycles. The van der Waals surface area contributed by atoms with E-state index < -0.39 is 0 Å². The number of aryl methyl sites for hydroxylation is 1. The Morgan fingerprint density at radius 3 is 2.50 bits per heavy atom. The third kappa shape index (κ3) is 5.64. The van der Waals surface area contributed by atoms with Crippen LogP contribution < -0.4 is 10.6 Å². The van der Waals surface area contributed by atoms with Crippen LogP contribution in [0.1, 0.15) is 61.4 Å². The lowest BCUT2D eigenvalue weighted by molar-refractivity contribution is 0.0953. The molecule has 1 aromatic carbocycles. The van der Waals surface area contributed by atoms with Crippen LogP contribution in [0.25, 0.3) is 0 Å². The van der Waals surface area contributed by atoms with Gasteiger partial charge in [-0.25, -0.2) is 0 Å². The lowest BCUT2D eigenvalue weighted by Gasteiger charge is -2.10. The molecule has 0 aliphatic carbocycles. The van der Waals surface area contributed by atoms with E-state index in [0.29, 0.717) is 0 Å². The molecule has 20 heavy (non-hydrogen) atoms. The van der Waals surface area contributed by atoms with Crippen molar-refractivity contribution in [2.75, 3.05) is 18.9 Å². The van der Waals surface area contributed by atoms with Gasteiger partial charge in [-0.05, 0) is 25.5 Å². The lowest BCUT2D eigenvalue weighted by atomic mass is 10.1. The summed E-state index contributed by atoms with van der Waals surface area (Å²) in [4.78, 5) is 12.2. The second kappa shape index (κ2) is 9.40. The first kappa shape index (κ1) is 16.5. The second-order valence-corrected chi connectivity index (χ2v) is 5.32. The lowest BCUT2D eigenvalue weighted by Crippen LogP contribution is -2.25. The summed E-state index contributed by atoms with van der Waals surface area (Å²) in [5.74, 6) is 0.0200. The van der Waals surface area contributed by atoms with Crippen molar-refractivity contribution in [3.63, 3.8) is 0 Å². The molecule has 112 valence electrons. The minimum Gasteiger partial charge on any atom is -0.387 e. The van der Waals surface area contributed by atoms with Crippen LogP contribution in [-0.4, -0.2) is 19.5 Å². The number of anilines is 1. The number of unbranched alkanes of at least 4 members (excludes halogenated alkanes) is 5. The van der Waals surface area contributed by atoms with E-state index in [0.717, 1.165) is 29.8 Å². The maximum absolute atomic E-state index is 12.2. The molecular weight excluding hydrogens is 248 g/mol. The smallest absolute Gasteiger partial charge is 0.253 e. The Kier molecular flexibility index (Phi) is 7.78. The highest BCUT2D eigenvalue weighted by molar-refractivity contribution is 5.99. The van der Waals surface area contributed by atoms with E-state index in [2.05, 4.69) is 17.6 Å². The number of hydrogen-bond acceptors (Lipinski definition) is 2. The van der Waals surface area contributed by atoms with Gasteiger partial charge in [-0.2, -0.15) is 0 Å². The van der Waals surface area contributed by atoms with E-state index in [1.54, 1.807) is 0 Å². The highest BCUT2D eigenvalue weighted by atomic mass is 16.1. The normalized spacial score (nSPS) is 10.3. The van der Waals surface area contributed by atoms with Gasteiger partial charge in [-0.1, -0.05) is 50.7 Å². The SMILES string of the molecule is CCCCCCCCNC(=O)c1cc(C)ccc1NC. The van der Waals surface area contributed by atoms with Gasteiger partial charge in [0.05, 0.1) is 5.56 Å². The molecule has 0 unspecified atom stereocenters. The van der Waals surface area contributed by atoms with Gasteiger partial charge >= 0.3 is 0 Å². The largest absolute Gasteiger partial charge is 0.387 e. The number of benzene rings is 1. The highest BCUT2D eigenvalue weighted by Crippen LogP contribution is 2.16. The van der Waals surface area contributed by atoms with Crippen molar-refractivity contribution in [1.82, 2.24) is 5.32 Å². The molecule has 2 N–H and O–H groups in total. The molecular formula is C17H28N2O. The van der Waals surface area contributed by atoms with Crippen LogP contribution >= 0.6 is 0 Å². The monoisotopic (exact) mass is 276 g/mol. The second-order valence-electron chi connectivity index (χ2n) is 5.32. The molecule has 0 radical (unpaired) electrons. The van der Waals surface area contributed by atoms with Crippen molar-refractivity contribution in [3.8, 4) is 0 Å². The number of rotatable bonds is 9. The zero-order valence-corrected chi connectivity index (χ0v) is 13.1. The molecule has 0 aliphatic rings. The maximum Gasteiger partial charge on any atom is 0.253 e. The molecule has 0 saturated heterocycles. The zero-order valence-electron chi connectivity index (χ0n) is 13.1. The summed E-state index contributed by atoms with van der Waals surface area (Å²) in [7, 11) is 1.84. The number of hydrogen-bond donors (Lipinski definition) is 2. The van der Waals surface area contributed by atoms with Crippen molar-refractivity contribution in [2.24, 2.45) is 0 Å². The predicted octanol–water partition coefficient (Wildman–Crippen LogP) is 4.13. The topological polar surface area (TPSA) is 41.1 Å². The van der Waals surface area contributed by atoms with E-state index >= 15 is 0 Å². The fourth-order valence-electron chi connectivity index (χ4n) is 2.27. The Balaban J connectivity index is 2.34. The van der Waals surface area contributed by atoms with Crippen molar-refractivity contribution < 1.29 is 4.79 Å². The Hall–Kier alpha value is -1.51. The molecule has 1 aromatic rings. The van der Waals surface area contributed by atoms with Crippen LogP contribution in [0, 0.1) is 6.92 Å². The standard InChI is InChI=1S/C17H28N2O/c1-4-5-6-7-8-9-12-19-17(20)15-13-14(2)10-11-16(15)18-3/h10-11,13,18H,4-9,12H2,1-3H3,(H,19,20). The van der Waals surface area contributed by atoms with Crippen LogP contribution in [-0.2, 0) is 0 Å². The van der Waals surface area contributed by atoms with Gasteiger partial charge in [0.1, 0.15) is 0 Å². The fourth-order valence-corrected chi connectivity index (χ4v) is 2.27. The quantitative estimate of drug-likeness (QED) is 0.666. The predicted molar refractivity (Wildman–Crippen MR) is 86.4 cm³/mol. The third-order valence-corrected chi connectivity index (χ3v) is 3.50. The molecule has 0 heterocycles. The summed E-state index contributed by atoms with van der Waals surface area (Å²) in [6.07, 6.45) is 7.45. The third-order valence-electron chi connectivity index (χ3n) is 3.50. The molecule has 0 aromatic heterocycles. The molecule has 1 amide bonds. The highest BCUT2D eigenvalue weighted by Gasteiger charge is 2.10. The summed E-state index contributed by atoms with van der Waals surface area (Å²) in [5, 5.41) is 6.08. The van der Waals surface area contributed by atoms with Gasteiger partial charge in [0.25, 0.3) is 5.91 Å². The summed E-state index contributed by atoms with van der Waals surface area (Å²) < 4.78 is 0. The number of carbonyl (C=O) groups excluding carboxylic acids is 1. The summed E-state index contributed by atoms with van der Waals surface area (Å²) in [6.45, 7) is 4.99. The molecule has 3 heteroatoms. The van der Waals surface area contributed by atoms with Crippen LogP contribution in [0.5, 0.6) is 0 Å². The number of carbonyl (C=O) groups is 1. The molecule has 0 aliphatic heterocycles. The van der Waals surface area contributed by atoms with E-state index in [1.165, 1.54) is 32.1 Å². The molecule has 0 spiro atoms. The summed E-state index contributed by atoms with van der Waals surface area (Å²) in [5.41, 5.74) is 2.73. The van der Waals surface area contributed by atoms with Gasteiger partial charge < -0.3 is 10.6 Å². The Bertz CT molecular complexity index is 415. The average Bonchev–Trinajstić information content (AvgIpc) is 2.46. The van der Waals surface area contributed by atoms with Crippen molar-refractivity contribution in [2.45, 2.75) is 52.4 Å². The van der Waals surface area contributed by atoms with E-state index in [4.69, 9.17) is 0 Å². The zero-order chi connectivity index (χ0) is 14.8. The Labute approximate surface area is 123 Å². The van der Waals surface area contributed by atoms with Crippen molar-refractivity contribution >= 4 is 11.6 Å². The van der Waals surface area contributed by atoms with Crippen molar-refractivity contribution in [3.05, 3.63) is 29.3 Å². The van der Waals surface area contributed by atoms with E-state index in [-0.39, 0.29) is 5.91 Å². The van der Waals surface area contributed by atoms with Crippen LogP contribution in [0.2, 0.25) is 0 Å². The maximum atomic E-state index is 12.2. The fraction of sp³-hybridized carbons (Fsp3) is 0.588. The first-order valence-corrected chi connectivity index (χ1v) is 7.75. The van der Waals surface area contributed by atoms with Gasteiger partial charge in [0.2, 0.25) is 0 Å². The number of nitrogens with one attached hydrogen (secondary N) is 2. The van der Waals surface area contributed by atoms with Crippen LogP contribution in [0.3, 0.4) is 0 Å². The van der Waals surface area contributed by atoms with E-state index in [1.807, 2.05) is 32.2 Å². The van der Waals surface area contributed by atoms with Crippen molar-refractivity contribution in [1.29, 1.82) is 0 Å². The van der Waals surface area contributed by atoms with E-state index in [9.17, 15) is 4.79 Å². The molecule has 1 rings (SSSR count). The average molecular weight is 276 g/mol. The molecule has 0 bridgehead atoms. The Morgan fingerprint density at radius 2 is 1.80 bits per heavy atom. The Morgan fingerprint density at radius 1 is 1.10 bits per heavy atom. The molecule has 0 fully saturated rings. The van der Waals surface area contributed by atoms with Gasteiger partial charge in [0, 0.05) is 19.3 Å². The van der Waals surface area contributed by atoms with Gasteiger partial charge in [-0.3, -0.25) is 4.79 Å².